The molecule has 0 fully saturated rings. The van der Waals surface area contributed by atoms with Crippen molar-refractivity contribution in [3.8, 4) is 5.75 Å². The number of carbonyl (C=O) groups is 2. The van der Waals surface area contributed by atoms with Gasteiger partial charge in [0, 0.05) is 26.1 Å². The summed E-state index contributed by atoms with van der Waals surface area (Å²) in [5.74, 6) is -0.304. The van der Waals surface area contributed by atoms with Crippen molar-refractivity contribution in [2.24, 2.45) is 0 Å². The first kappa shape index (κ1) is 29.1. The summed E-state index contributed by atoms with van der Waals surface area (Å²) in [5, 5.41) is 2.85. The average molecular weight is 522 g/mol. The Labute approximate surface area is 213 Å². The summed E-state index contributed by atoms with van der Waals surface area (Å²) in [7, 11) is -2.06. The summed E-state index contributed by atoms with van der Waals surface area (Å²) < 4.78 is 44.6. The Balaban J connectivity index is 2.18. The van der Waals surface area contributed by atoms with Crippen LogP contribution in [0.4, 0.5) is 10.1 Å². The molecular weight excluding hydrogens is 485 g/mol. The van der Waals surface area contributed by atoms with Crippen LogP contribution in [0.2, 0.25) is 0 Å². The summed E-state index contributed by atoms with van der Waals surface area (Å²) in [4.78, 5) is 27.6. The van der Waals surface area contributed by atoms with Crippen LogP contribution in [0, 0.1) is 5.82 Å². The summed E-state index contributed by atoms with van der Waals surface area (Å²) in [6.07, 6.45) is 2.58. The number of nitrogens with zero attached hydrogens (tertiary/aromatic N) is 2. The van der Waals surface area contributed by atoms with Crippen molar-refractivity contribution >= 4 is 27.5 Å². The van der Waals surface area contributed by atoms with Crippen LogP contribution in [-0.4, -0.2) is 57.6 Å². The van der Waals surface area contributed by atoms with Crippen molar-refractivity contribution in [1.82, 2.24) is 10.2 Å². The molecular formula is C26H36FN3O5S. The normalized spacial score (nSPS) is 12.0. The second-order valence-electron chi connectivity index (χ2n) is 8.50. The number of halogens is 1. The number of hydrogen-bond acceptors (Lipinski definition) is 5. The van der Waals surface area contributed by atoms with Gasteiger partial charge in [0.15, 0.2) is 0 Å². The molecule has 0 bridgehead atoms. The van der Waals surface area contributed by atoms with E-state index in [1.807, 2.05) is 13.8 Å². The molecule has 8 nitrogen and oxygen atoms in total. The van der Waals surface area contributed by atoms with Crippen LogP contribution in [0.3, 0.4) is 0 Å². The molecule has 1 N–H and O–H groups in total. The molecule has 0 spiro atoms. The third kappa shape index (κ3) is 8.51. The van der Waals surface area contributed by atoms with Gasteiger partial charge >= 0.3 is 0 Å². The monoisotopic (exact) mass is 521 g/mol. The van der Waals surface area contributed by atoms with E-state index in [-0.39, 0.29) is 43.6 Å². The van der Waals surface area contributed by atoms with E-state index in [0.29, 0.717) is 30.0 Å². The fourth-order valence-electron chi connectivity index (χ4n) is 3.82. The Kier molecular flexibility index (Phi) is 11.2. The molecule has 10 heteroatoms. The van der Waals surface area contributed by atoms with Crippen LogP contribution in [0.5, 0.6) is 5.75 Å². The van der Waals surface area contributed by atoms with Crippen LogP contribution >= 0.6 is 0 Å². The second-order valence-corrected chi connectivity index (χ2v) is 10.4. The molecule has 2 aromatic rings. The lowest BCUT2D eigenvalue weighted by atomic mass is 10.1. The standard InChI is InChI=1S/C26H36FN3O5S/c1-5-17-28-26(32)24(6-2)29(19-20-9-11-21(27)12-10-20)25(31)8-7-18-30(36(4,33)34)22-13-15-23(35-3)16-14-22/h9-16,24H,5-8,17-19H2,1-4H3,(H,28,32)/t24-/m0/s1. The Morgan fingerprint density at radius 3 is 2.22 bits per heavy atom. The van der Waals surface area contributed by atoms with Gasteiger partial charge in [0.1, 0.15) is 17.6 Å². The molecule has 2 rings (SSSR count). The zero-order chi connectivity index (χ0) is 26.7. The molecule has 0 unspecified atom stereocenters. The summed E-state index contributed by atoms with van der Waals surface area (Å²) in [6, 6.07) is 11.7. The van der Waals surface area contributed by atoms with Crippen molar-refractivity contribution in [3.05, 3.63) is 59.9 Å². The predicted molar refractivity (Wildman–Crippen MR) is 139 cm³/mol. The number of ether oxygens (including phenoxy) is 1. The van der Waals surface area contributed by atoms with Gasteiger partial charge in [0.25, 0.3) is 0 Å². The highest BCUT2D eigenvalue weighted by atomic mass is 32.2. The molecule has 0 saturated carbocycles. The minimum Gasteiger partial charge on any atom is -0.497 e. The van der Waals surface area contributed by atoms with Crippen molar-refractivity contribution < 1.29 is 27.1 Å². The van der Waals surface area contributed by atoms with E-state index < -0.39 is 16.1 Å². The molecule has 36 heavy (non-hydrogen) atoms. The number of nitrogens with one attached hydrogen (secondary N) is 1. The number of anilines is 1. The maximum Gasteiger partial charge on any atom is 0.242 e. The zero-order valence-electron chi connectivity index (χ0n) is 21.4. The van der Waals surface area contributed by atoms with Gasteiger partial charge in [-0.15, -0.1) is 0 Å². The lowest BCUT2D eigenvalue weighted by Crippen LogP contribution is -2.49. The van der Waals surface area contributed by atoms with Gasteiger partial charge in [0.2, 0.25) is 21.8 Å². The molecule has 0 heterocycles. The van der Waals surface area contributed by atoms with Crippen LogP contribution < -0.4 is 14.4 Å². The van der Waals surface area contributed by atoms with Gasteiger partial charge in [-0.05, 0) is 61.2 Å². The Bertz CT molecular complexity index is 1090. The van der Waals surface area contributed by atoms with Crippen LogP contribution in [-0.2, 0) is 26.2 Å². The van der Waals surface area contributed by atoms with Crippen molar-refractivity contribution in [1.29, 1.82) is 0 Å². The van der Waals surface area contributed by atoms with Gasteiger partial charge in [-0.1, -0.05) is 26.0 Å². The van der Waals surface area contributed by atoms with Gasteiger partial charge in [0.05, 0.1) is 19.1 Å². The second kappa shape index (κ2) is 13.8. The van der Waals surface area contributed by atoms with Crippen LogP contribution in [0.1, 0.15) is 45.1 Å². The fourth-order valence-corrected chi connectivity index (χ4v) is 4.79. The molecule has 0 aliphatic rings. The minimum atomic E-state index is -3.59. The molecule has 1 atom stereocenters. The molecule has 2 aromatic carbocycles. The van der Waals surface area contributed by atoms with Crippen molar-refractivity contribution in [2.45, 2.75) is 52.1 Å². The van der Waals surface area contributed by atoms with E-state index in [2.05, 4.69) is 5.32 Å². The SMILES string of the molecule is CCCNC(=O)[C@H](CC)N(Cc1ccc(F)cc1)C(=O)CCCN(c1ccc(OC)cc1)S(C)(=O)=O. The van der Waals surface area contributed by atoms with Crippen LogP contribution in [0.25, 0.3) is 0 Å². The topological polar surface area (TPSA) is 96.0 Å². The molecule has 0 saturated heterocycles. The van der Waals surface area contributed by atoms with E-state index in [1.54, 1.807) is 36.4 Å². The van der Waals surface area contributed by atoms with Crippen molar-refractivity contribution in [3.63, 3.8) is 0 Å². The number of sulfonamides is 1. The number of benzene rings is 2. The highest BCUT2D eigenvalue weighted by Crippen LogP contribution is 2.22. The average Bonchev–Trinajstić information content (AvgIpc) is 2.85. The number of amides is 2. The third-order valence-electron chi connectivity index (χ3n) is 5.71. The van der Waals surface area contributed by atoms with Gasteiger partial charge in [-0.3, -0.25) is 13.9 Å². The van der Waals surface area contributed by atoms with E-state index in [4.69, 9.17) is 4.74 Å². The molecule has 0 aliphatic heterocycles. The largest absolute Gasteiger partial charge is 0.497 e. The zero-order valence-corrected chi connectivity index (χ0v) is 22.2. The Morgan fingerprint density at radius 2 is 1.69 bits per heavy atom. The predicted octanol–water partition coefficient (Wildman–Crippen LogP) is 3.71. The maximum absolute atomic E-state index is 13.4. The number of carbonyl (C=O) groups excluding carboxylic acids is 2. The molecule has 0 aliphatic carbocycles. The number of hydrogen-bond donors (Lipinski definition) is 1. The number of methoxy groups -OCH3 is 1. The van der Waals surface area contributed by atoms with E-state index in [1.165, 1.54) is 28.4 Å². The third-order valence-corrected chi connectivity index (χ3v) is 6.91. The fraction of sp³-hybridized carbons (Fsp3) is 0.462. The van der Waals surface area contributed by atoms with Gasteiger partial charge < -0.3 is 15.0 Å². The van der Waals surface area contributed by atoms with Gasteiger partial charge in [-0.25, -0.2) is 12.8 Å². The lowest BCUT2D eigenvalue weighted by molar-refractivity contribution is -0.141. The summed E-state index contributed by atoms with van der Waals surface area (Å²) in [6.45, 7) is 4.51. The minimum absolute atomic E-state index is 0.0426. The smallest absolute Gasteiger partial charge is 0.242 e. The van der Waals surface area contributed by atoms with Crippen molar-refractivity contribution in [2.75, 3.05) is 30.8 Å². The Morgan fingerprint density at radius 1 is 1.06 bits per heavy atom. The van der Waals surface area contributed by atoms with E-state index in [0.717, 1.165) is 12.7 Å². The summed E-state index contributed by atoms with van der Waals surface area (Å²) >= 11 is 0. The maximum atomic E-state index is 13.4. The Hall–Kier alpha value is -3.14. The lowest BCUT2D eigenvalue weighted by Gasteiger charge is -2.31. The van der Waals surface area contributed by atoms with E-state index >= 15 is 0 Å². The molecule has 0 radical (unpaired) electrons. The van der Waals surface area contributed by atoms with E-state index in [9.17, 15) is 22.4 Å². The first-order chi connectivity index (χ1) is 17.1. The van der Waals surface area contributed by atoms with Gasteiger partial charge in [-0.2, -0.15) is 0 Å². The van der Waals surface area contributed by atoms with Crippen LogP contribution in [0.15, 0.2) is 48.5 Å². The summed E-state index contributed by atoms with van der Waals surface area (Å²) in [5.41, 5.74) is 1.17. The first-order valence-corrected chi connectivity index (χ1v) is 13.9. The molecule has 198 valence electrons. The molecule has 0 aromatic heterocycles. The molecule has 2 amide bonds. The highest BCUT2D eigenvalue weighted by molar-refractivity contribution is 7.92. The first-order valence-electron chi connectivity index (χ1n) is 12.0. The highest BCUT2D eigenvalue weighted by Gasteiger charge is 2.28. The quantitative estimate of drug-likeness (QED) is 0.409. The number of rotatable bonds is 14.